The van der Waals surface area contributed by atoms with Gasteiger partial charge in [0.25, 0.3) is 0 Å². The second kappa shape index (κ2) is 13.5. The van der Waals surface area contributed by atoms with E-state index in [9.17, 15) is 4.79 Å². The fraction of sp³-hybridized carbons (Fsp3) is 0.710. The number of fused-ring (bicyclic) bond motifs is 1. The van der Waals surface area contributed by atoms with Crippen molar-refractivity contribution in [2.24, 2.45) is 0 Å². The molecule has 2 fully saturated rings. The zero-order valence-electron chi connectivity index (χ0n) is 24.8. The molecule has 0 N–H and O–H groups in total. The third-order valence-electron chi connectivity index (χ3n) is 8.47. The third-order valence-corrected chi connectivity index (χ3v) is 19.7. The SMILES string of the molecule is CC1(C[C@H](CC2([C@@H]3OC(=O)CC/C=C\Cc4ccccc43)SCCCS2)O[Si](C)(C)C(C)(C)C)SCCCS1. The standard InChI is InChI=1S/C31H48O3S4Si/c1-29(2,3)39(5,6)34-25(22-30(4)35-18-12-19-36-30)23-31(37-20-13-21-38-31)28-26-16-11-10-15-24(26)14-8-7-9-17-27(32)33-28/h7-8,10-11,15-16,25,28H,9,12-14,17-23H2,1-6H3/b8-7-/t25-,28-/m1/s1. The van der Waals surface area contributed by atoms with E-state index in [0.29, 0.717) is 6.42 Å². The number of carbonyl (C=O) groups is 1. The Morgan fingerprint density at radius 1 is 1.00 bits per heavy atom. The Balaban J connectivity index is 1.75. The van der Waals surface area contributed by atoms with Crippen LogP contribution >= 0.6 is 47.0 Å². The number of ether oxygens (including phenoxy) is 1. The molecular formula is C31H48O3S4Si. The minimum absolute atomic E-state index is 0.0836. The maximum Gasteiger partial charge on any atom is 0.306 e. The molecule has 0 amide bonds. The first kappa shape index (κ1) is 31.9. The van der Waals surface area contributed by atoms with Crippen LogP contribution in [0.2, 0.25) is 18.1 Å². The Morgan fingerprint density at radius 2 is 1.64 bits per heavy atom. The molecule has 3 aliphatic heterocycles. The van der Waals surface area contributed by atoms with Crippen LogP contribution in [0.3, 0.4) is 0 Å². The molecule has 0 spiro atoms. The number of hydrogen-bond donors (Lipinski definition) is 0. The van der Waals surface area contributed by atoms with Gasteiger partial charge in [-0.3, -0.25) is 4.79 Å². The summed E-state index contributed by atoms with van der Waals surface area (Å²) < 4.78 is 13.8. The Morgan fingerprint density at radius 3 is 2.31 bits per heavy atom. The predicted octanol–water partition coefficient (Wildman–Crippen LogP) is 9.49. The molecule has 2 atom stereocenters. The van der Waals surface area contributed by atoms with Crippen LogP contribution in [0.5, 0.6) is 0 Å². The van der Waals surface area contributed by atoms with Crippen molar-refractivity contribution in [3.63, 3.8) is 0 Å². The highest BCUT2D eigenvalue weighted by atomic mass is 32.2. The second-order valence-electron chi connectivity index (χ2n) is 12.7. The summed E-state index contributed by atoms with van der Waals surface area (Å²) in [5.41, 5.74) is 2.45. The van der Waals surface area contributed by atoms with Gasteiger partial charge in [0.05, 0.1) is 4.08 Å². The Kier molecular flexibility index (Phi) is 11.1. The zero-order chi connectivity index (χ0) is 28.2. The number of rotatable bonds is 7. The Labute approximate surface area is 255 Å². The number of allylic oxidation sites excluding steroid dienone is 2. The summed E-state index contributed by atoms with van der Waals surface area (Å²) >= 11 is 8.28. The minimum atomic E-state index is -2.02. The van der Waals surface area contributed by atoms with E-state index in [-0.39, 0.29) is 31.4 Å². The van der Waals surface area contributed by atoms with Crippen LogP contribution in [0.1, 0.15) is 83.5 Å². The average Bonchev–Trinajstić information content (AvgIpc) is 2.87. The molecule has 4 rings (SSSR count). The summed E-state index contributed by atoms with van der Waals surface area (Å²) in [6.45, 7) is 14.2. The van der Waals surface area contributed by atoms with E-state index in [4.69, 9.17) is 9.16 Å². The highest BCUT2D eigenvalue weighted by Gasteiger charge is 2.50. The molecular weight excluding hydrogens is 577 g/mol. The fourth-order valence-electron chi connectivity index (χ4n) is 5.33. The minimum Gasteiger partial charge on any atom is -0.455 e. The van der Waals surface area contributed by atoms with Crippen LogP contribution in [0, 0.1) is 0 Å². The first-order valence-electron chi connectivity index (χ1n) is 14.6. The van der Waals surface area contributed by atoms with Gasteiger partial charge < -0.3 is 9.16 Å². The van der Waals surface area contributed by atoms with Gasteiger partial charge in [-0.2, -0.15) is 0 Å². The molecule has 3 aliphatic rings. The van der Waals surface area contributed by atoms with E-state index >= 15 is 0 Å². The smallest absolute Gasteiger partial charge is 0.306 e. The number of benzene rings is 1. The lowest BCUT2D eigenvalue weighted by Crippen LogP contribution is -2.48. The van der Waals surface area contributed by atoms with Crippen LogP contribution in [0.25, 0.3) is 0 Å². The van der Waals surface area contributed by atoms with Crippen LogP contribution in [0.15, 0.2) is 36.4 Å². The average molecular weight is 625 g/mol. The molecule has 1 aromatic rings. The van der Waals surface area contributed by atoms with E-state index in [0.717, 1.165) is 37.2 Å². The van der Waals surface area contributed by atoms with Crippen molar-refractivity contribution in [3.05, 3.63) is 47.5 Å². The predicted molar refractivity (Wildman–Crippen MR) is 179 cm³/mol. The van der Waals surface area contributed by atoms with E-state index in [2.05, 4.69) is 101 Å². The fourth-order valence-corrected chi connectivity index (χ4v) is 13.3. The molecule has 39 heavy (non-hydrogen) atoms. The van der Waals surface area contributed by atoms with Crippen LogP contribution in [-0.4, -0.2) is 51.6 Å². The molecule has 0 aliphatic carbocycles. The quantitative estimate of drug-likeness (QED) is 0.170. The van der Waals surface area contributed by atoms with Gasteiger partial charge in [0.2, 0.25) is 0 Å². The van der Waals surface area contributed by atoms with Gasteiger partial charge in [-0.25, -0.2) is 0 Å². The van der Waals surface area contributed by atoms with E-state index in [1.807, 2.05) is 23.5 Å². The van der Waals surface area contributed by atoms with Crippen molar-refractivity contribution in [1.29, 1.82) is 0 Å². The van der Waals surface area contributed by atoms with E-state index in [1.54, 1.807) is 0 Å². The number of cyclic esters (lactones) is 1. The van der Waals surface area contributed by atoms with Crippen molar-refractivity contribution in [1.82, 2.24) is 0 Å². The number of carbonyl (C=O) groups excluding carboxylic acids is 1. The lowest BCUT2D eigenvalue weighted by atomic mass is 9.93. The highest BCUT2D eigenvalue weighted by Crippen LogP contribution is 2.57. The van der Waals surface area contributed by atoms with E-state index < -0.39 is 8.32 Å². The summed E-state index contributed by atoms with van der Waals surface area (Å²) in [6.07, 6.45) is 10.7. The Bertz CT molecular complexity index is 994. The summed E-state index contributed by atoms with van der Waals surface area (Å²) in [5.74, 6) is 4.56. The topological polar surface area (TPSA) is 35.5 Å². The summed E-state index contributed by atoms with van der Waals surface area (Å²) in [5, 5.41) is 0.140. The molecule has 0 radical (unpaired) electrons. The molecule has 0 bridgehead atoms. The lowest BCUT2D eigenvalue weighted by Gasteiger charge is -2.48. The second-order valence-corrected chi connectivity index (χ2v) is 24.1. The summed E-state index contributed by atoms with van der Waals surface area (Å²) in [6, 6.07) is 8.65. The van der Waals surface area contributed by atoms with Crippen LogP contribution < -0.4 is 0 Å². The molecule has 2 saturated heterocycles. The summed E-state index contributed by atoms with van der Waals surface area (Å²) in [7, 11) is -2.02. The van der Waals surface area contributed by atoms with Crippen molar-refractivity contribution in [2.75, 3.05) is 23.0 Å². The third kappa shape index (κ3) is 8.31. The Hall–Kier alpha value is 0.00688. The van der Waals surface area contributed by atoms with E-state index in [1.165, 1.54) is 35.5 Å². The maximum absolute atomic E-state index is 13.2. The van der Waals surface area contributed by atoms with Gasteiger partial charge in [-0.1, -0.05) is 57.2 Å². The van der Waals surface area contributed by atoms with Crippen molar-refractivity contribution < 1.29 is 14.0 Å². The molecule has 218 valence electrons. The monoisotopic (exact) mass is 624 g/mol. The van der Waals surface area contributed by atoms with Crippen LogP contribution in [0.4, 0.5) is 0 Å². The lowest BCUT2D eigenvalue weighted by molar-refractivity contribution is -0.150. The summed E-state index contributed by atoms with van der Waals surface area (Å²) in [4.78, 5) is 13.2. The molecule has 0 saturated carbocycles. The van der Waals surface area contributed by atoms with Gasteiger partial charge in [-0.05, 0) is 91.3 Å². The largest absolute Gasteiger partial charge is 0.455 e. The number of esters is 1. The van der Waals surface area contributed by atoms with Gasteiger partial charge in [0, 0.05) is 18.9 Å². The normalized spacial score (nSPS) is 25.7. The van der Waals surface area contributed by atoms with Gasteiger partial charge >= 0.3 is 5.97 Å². The molecule has 8 heteroatoms. The molecule has 0 aromatic heterocycles. The van der Waals surface area contributed by atoms with Gasteiger partial charge in [0.15, 0.2) is 14.4 Å². The maximum atomic E-state index is 13.2. The van der Waals surface area contributed by atoms with Gasteiger partial charge in [0.1, 0.15) is 4.08 Å². The highest BCUT2D eigenvalue weighted by molar-refractivity contribution is 8.19. The van der Waals surface area contributed by atoms with Crippen molar-refractivity contribution in [2.45, 2.75) is 111 Å². The molecule has 3 nitrogen and oxygen atoms in total. The molecule has 0 unspecified atom stereocenters. The van der Waals surface area contributed by atoms with Crippen LogP contribution in [-0.2, 0) is 20.4 Å². The first-order chi connectivity index (χ1) is 18.4. The van der Waals surface area contributed by atoms with Crippen molar-refractivity contribution in [3.8, 4) is 0 Å². The molecule has 1 aromatic carbocycles. The van der Waals surface area contributed by atoms with Crippen molar-refractivity contribution >= 4 is 61.3 Å². The zero-order valence-corrected chi connectivity index (χ0v) is 29.0. The first-order valence-corrected chi connectivity index (χ1v) is 21.4. The van der Waals surface area contributed by atoms with Gasteiger partial charge in [-0.15, -0.1) is 47.0 Å². The molecule has 3 heterocycles. The number of hydrogen-bond acceptors (Lipinski definition) is 7. The number of thioether (sulfide) groups is 4.